The van der Waals surface area contributed by atoms with E-state index in [0.29, 0.717) is 0 Å². The summed E-state index contributed by atoms with van der Waals surface area (Å²) in [6, 6.07) is 16.4. The fraction of sp³-hybridized carbons (Fsp3) is 0.400. The Balaban J connectivity index is 1.32. The van der Waals surface area contributed by atoms with Gasteiger partial charge in [-0.2, -0.15) is 0 Å². The van der Waals surface area contributed by atoms with Crippen LogP contribution in [0.3, 0.4) is 0 Å². The Labute approximate surface area is 178 Å². The van der Waals surface area contributed by atoms with E-state index in [1.165, 1.54) is 16.5 Å². The molecule has 1 fully saturated rings. The van der Waals surface area contributed by atoms with Crippen molar-refractivity contribution in [2.45, 2.75) is 32.4 Å². The van der Waals surface area contributed by atoms with Gasteiger partial charge in [-0.05, 0) is 62.2 Å². The van der Waals surface area contributed by atoms with E-state index in [-0.39, 0.29) is 17.9 Å². The van der Waals surface area contributed by atoms with E-state index in [1.54, 1.807) is 7.11 Å². The lowest BCUT2D eigenvalue weighted by molar-refractivity contribution is -0.127. The van der Waals surface area contributed by atoms with Crippen LogP contribution in [0.5, 0.6) is 5.75 Å². The number of rotatable bonds is 6. The Morgan fingerprint density at radius 3 is 2.70 bits per heavy atom. The number of nitrogens with one attached hydrogen (secondary N) is 1. The summed E-state index contributed by atoms with van der Waals surface area (Å²) in [5.74, 6) is 1.06. The van der Waals surface area contributed by atoms with Crippen molar-refractivity contribution >= 4 is 16.8 Å². The minimum absolute atomic E-state index is 0.0266. The molecule has 1 aliphatic heterocycles. The van der Waals surface area contributed by atoms with Gasteiger partial charge in [0, 0.05) is 36.6 Å². The number of ether oxygens (including phenoxy) is 1. The van der Waals surface area contributed by atoms with Gasteiger partial charge >= 0.3 is 0 Å². The monoisotopic (exact) mass is 405 g/mol. The SMILES string of the molecule is COc1cccc([C@@H](C)NC(=O)C2CCN(Cc3cn(C)c4ccccc34)CC2)c1. The van der Waals surface area contributed by atoms with Crippen LogP contribution in [0.2, 0.25) is 0 Å². The van der Waals surface area contributed by atoms with Gasteiger partial charge in [-0.25, -0.2) is 0 Å². The molecule has 2 heterocycles. The average molecular weight is 406 g/mol. The van der Waals surface area contributed by atoms with Crippen molar-refractivity contribution in [2.24, 2.45) is 13.0 Å². The molecular formula is C25H31N3O2. The summed E-state index contributed by atoms with van der Waals surface area (Å²) in [6.07, 6.45) is 4.04. The first-order valence-electron chi connectivity index (χ1n) is 10.7. The number of amides is 1. The maximum atomic E-state index is 12.8. The summed E-state index contributed by atoms with van der Waals surface area (Å²) < 4.78 is 7.49. The Morgan fingerprint density at radius 2 is 1.93 bits per heavy atom. The number of benzene rings is 2. The summed E-state index contributed by atoms with van der Waals surface area (Å²) in [7, 11) is 3.76. The highest BCUT2D eigenvalue weighted by Gasteiger charge is 2.26. The van der Waals surface area contributed by atoms with E-state index in [2.05, 4.69) is 52.3 Å². The van der Waals surface area contributed by atoms with Crippen LogP contribution in [0, 0.1) is 5.92 Å². The van der Waals surface area contributed by atoms with Gasteiger partial charge in [0.15, 0.2) is 0 Å². The maximum absolute atomic E-state index is 12.8. The number of piperidine rings is 1. The first kappa shape index (κ1) is 20.5. The molecule has 5 heteroatoms. The number of nitrogens with zero attached hydrogens (tertiary/aromatic N) is 2. The van der Waals surface area contributed by atoms with Crippen LogP contribution < -0.4 is 10.1 Å². The lowest BCUT2D eigenvalue weighted by atomic mass is 9.94. The Hall–Kier alpha value is -2.79. The zero-order valence-electron chi connectivity index (χ0n) is 18.1. The van der Waals surface area contributed by atoms with Gasteiger partial charge in [0.05, 0.1) is 13.2 Å². The summed E-state index contributed by atoms with van der Waals surface area (Å²) in [4.78, 5) is 15.3. The maximum Gasteiger partial charge on any atom is 0.223 e. The third-order valence-corrected chi connectivity index (χ3v) is 6.28. The zero-order chi connectivity index (χ0) is 21.1. The number of aryl methyl sites for hydroxylation is 1. The molecule has 4 rings (SSSR count). The molecule has 1 N–H and O–H groups in total. The van der Waals surface area contributed by atoms with Crippen LogP contribution in [0.4, 0.5) is 0 Å². The normalized spacial score (nSPS) is 16.5. The molecule has 30 heavy (non-hydrogen) atoms. The van der Waals surface area contributed by atoms with Crippen molar-refractivity contribution in [1.82, 2.24) is 14.8 Å². The highest BCUT2D eigenvalue weighted by Crippen LogP contribution is 2.25. The number of methoxy groups -OCH3 is 1. The number of fused-ring (bicyclic) bond motifs is 1. The summed E-state index contributed by atoms with van der Waals surface area (Å²) in [5, 5.41) is 4.52. The predicted octanol–water partition coefficient (Wildman–Crippen LogP) is 4.28. The number of para-hydroxylation sites is 1. The van der Waals surface area contributed by atoms with Crippen LogP contribution in [0.25, 0.3) is 10.9 Å². The quantitative estimate of drug-likeness (QED) is 0.666. The first-order valence-corrected chi connectivity index (χ1v) is 10.7. The molecule has 0 saturated carbocycles. The Kier molecular flexibility index (Phi) is 6.09. The standard InChI is InChI=1S/C25H31N3O2/c1-18(20-7-6-8-22(15-20)30-3)26-25(29)19-11-13-28(14-12-19)17-21-16-27(2)24-10-5-4-9-23(21)24/h4-10,15-16,18-19H,11-14,17H2,1-3H3,(H,26,29)/t18-/m1/s1. The molecule has 1 aromatic heterocycles. The van der Waals surface area contributed by atoms with Gasteiger partial charge in [0.1, 0.15) is 5.75 Å². The smallest absolute Gasteiger partial charge is 0.223 e. The van der Waals surface area contributed by atoms with Crippen LogP contribution >= 0.6 is 0 Å². The van der Waals surface area contributed by atoms with E-state index in [9.17, 15) is 4.79 Å². The molecule has 158 valence electrons. The van der Waals surface area contributed by atoms with Crippen LogP contribution in [-0.4, -0.2) is 35.6 Å². The lowest BCUT2D eigenvalue weighted by Crippen LogP contribution is -2.40. The molecule has 1 amide bonds. The second-order valence-corrected chi connectivity index (χ2v) is 8.34. The molecule has 1 aliphatic rings. The third-order valence-electron chi connectivity index (χ3n) is 6.28. The summed E-state index contributed by atoms with van der Waals surface area (Å²) in [6.45, 7) is 4.88. The summed E-state index contributed by atoms with van der Waals surface area (Å²) >= 11 is 0. The van der Waals surface area contributed by atoms with Gasteiger partial charge < -0.3 is 14.6 Å². The van der Waals surface area contributed by atoms with Crippen LogP contribution in [0.15, 0.2) is 54.7 Å². The van der Waals surface area contributed by atoms with Gasteiger partial charge in [0.2, 0.25) is 5.91 Å². The molecule has 0 unspecified atom stereocenters. The number of carbonyl (C=O) groups is 1. The van der Waals surface area contributed by atoms with Crippen molar-refractivity contribution < 1.29 is 9.53 Å². The molecule has 0 radical (unpaired) electrons. The lowest BCUT2D eigenvalue weighted by Gasteiger charge is -2.31. The fourth-order valence-electron chi connectivity index (χ4n) is 4.47. The number of likely N-dealkylation sites (tertiary alicyclic amines) is 1. The minimum Gasteiger partial charge on any atom is -0.497 e. The second kappa shape index (κ2) is 8.92. The average Bonchev–Trinajstić information content (AvgIpc) is 3.09. The minimum atomic E-state index is -0.0266. The topological polar surface area (TPSA) is 46.5 Å². The van der Waals surface area contributed by atoms with Gasteiger partial charge in [-0.15, -0.1) is 0 Å². The number of aromatic nitrogens is 1. The molecule has 0 spiro atoms. The fourth-order valence-corrected chi connectivity index (χ4v) is 4.47. The number of hydrogen-bond donors (Lipinski definition) is 1. The number of carbonyl (C=O) groups excluding carboxylic acids is 1. The molecule has 0 bridgehead atoms. The van der Waals surface area contributed by atoms with E-state index in [0.717, 1.165) is 43.8 Å². The van der Waals surface area contributed by atoms with Crippen molar-refractivity contribution in [3.63, 3.8) is 0 Å². The zero-order valence-corrected chi connectivity index (χ0v) is 18.1. The molecule has 0 aliphatic carbocycles. The van der Waals surface area contributed by atoms with E-state index in [1.807, 2.05) is 31.2 Å². The molecular weight excluding hydrogens is 374 g/mol. The predicted molar refractivity (Wildman–Crippen MR) is 120 cm³/mol. The highest BCUT2D eigenvalue weighted by molar-refractivity contribution is 5.83. The number of hydrogen-bond acceptors (Lipinski definition) is 3. The molecule has 1 saturated heterocycles. The van der Waals surface area contributed by atoms with Crippen molar-refractivity contribution in [3.05, 3.63) is 65.9 Å². The Bertz CT molecular complexity index is 1020. The largest absolute Gasteiger partial charge is 0.497 e. The van der Waals surface area contributed by atoms with Crippen LogP contribution in [-0.2, 0) is 18.4 Å². The van der Waals surface area contributed by atoms with Crippen molar-refractivity contribution in [1.29, 1.82) is 0 Å². The van der Waals surface area contributed by atoms with E-state index in [4.69, 9.17) is 4.74 Å². The third kappa shape index (κ3) is 4.36. The molecule has 3 aromatic rings. The van der Waals surface area contributed by atoms with Gasteiger partial charge in [-0.3, -0.25) is 9.69 Å². The van der Waals surface area contributed by atoms with Crippen molar-refractivity contribution in [3.8, 4) is 5.75 Å². The molecule has 1 atom stereocenters. The first-order chi connectivity index (χ1) is 14.5. The van der Waals surface area contributed by atoms with Crippen LogP contribution in [0.1, 0.15) is 36.9 Å². The van der Waals surface area contributed by atoms with Gasteiger partial charge in [0.25, 0.3) is 0 Å². The molecule has 2 aromatic carbocycles. The Morgan fingerprint density at radius 1 is 1.17 bits per heavy atom. The summed E-state index contributed by atoms with van der Waals surface area (Å²) in [5.41, 5.74) is 3.70. The highest BCUT2D eigenvalue weighted by atomic mass is 16.5. The van der Waals surface area contributed by atoms with Gasteiger partial charge in [-0.1, -0.05) is 30.3 Å². The van der Waals surface area contributed by atoms with E-state index >= 15 is 0 Å². The van der Waals surface area contributed by atoms with Crippen molar-refractivity contribution in [2.75, 3.05) is 20.2 Å². The molecule has 5 nitrogen and oxygen atoms in total. The van der Waals surface area contributed by atoms with E-state index < -0.39 is 0 Å². The second-order valence-electron chi connectivity index (χ2n) is 8.34.